The first kappa shape index (κ1) is 14.5. The van der Waals surface area contributed by atoms with Crippen LogP contribution in [0.1, 0.15) is 83.5 Å². The van der Waals surface area contributed by atoms with Crippen molar-refractivity contribution in [3.63, 3.8) is 0 Å². The lowest BCUT2D eigenvalue weighted by atomic mass is 9.69. The Balaban J connectivity index is 2.07. The largest absolute Gasteiger partial charge is 0.423 e. The average Bonchev–Trinajstić information content (AvgIpc) is 2.84. The van der Waals surface area contributed by atoms with Crippen LogP contribution in [0.25, 0.3) is 0 Å². The maximum Gasteiger partial charge on any atom is 0.233 e. The molecule has 1 heterocycles. The quantitative estimate of drug-likeness (QED) is 0.879. The first-order chi connectivity index (χ1) is 9.04. The van der Waals surface area contributed by atoms with E-state index < -0.39 is 0 Å². The number of nitrogens with zero attached hydrogens (tertiary/aromatic N) is 2. The van der Waals surface area contributed by atoms with Crippen LogP contribution in [0, 0.1) is 5.41 Å². The number of nitrogens with one attached hydrogen (secondary N) is 1. The molecular weight excluding hydrogens is 238 g/mol. The Bertz CT molecular complexity index is 400. The summed E-state index contributed by atoms with van der Waals surface area (Å²) in [7, 11) is 0. The normalized spacial score (nSPS) is 24.3. The highest BCUT2D eigenvalue weighted by molar-refractivity contribution is 5.02. The molecule has 1 aliphatic carbocycles. The monoisotopic (exact) mass is 265 g/mol. The molecule has 4 heteroatoms. The summed E-state index contributed by atoms with van der Waals surface area (Å²) in [5, 5.41) is 11.9. The summed E-state index contributed by atoms with van der Waals surface area (Å²) in [6, 6.07) is 0.146. The summed E-state index contributed by atoms with van der Waals surface area (Å²) in [5.41, 5.74) is 0.280. The van der Waals surface area contributed by atoms with E-state index in [9.17, 15) is 0 Å². The zero-order chi connectivity index (χ0) is 13.9. The van der Waals surface area contributed by atoms with Gasteiger partial charge in [0.25, 0.3) is 0 Å². The van der Waals surface area contributed by atoms with Crippen molar-refractivity contribution in [2.24, 2.45) is 5.41 Å². The van der Waals surface area contributed by atoms with Crippen molar-refractivity contribution in [2.75, 3.05) is 6.54 Å². The van der Waals surface area contributed by atoms with Gasteiger partial charge < -0.3 is 9.73 Å². The van der Waals surface area contributed by atoms with Crippen molar-refractivity contribution in [1.29, 1.82) is 0 Å². The lowest BCUT2D eigenvalue weighted by molar-refractivity contribution is 0.170. The fourth-order valence-corrected chi connectivity index (χ4v) is 2.96. The first-order valence-electron chi connectivity index (χ1n) is 7.61. The van der Waals surface area contributed by atoms with Gasteiger partial charge in [-0.05, 0) is 38.1 Å². The molecule has 1 saturated carbocycles. The molecule has 1 aliphatic rings. The maximum absolute atomic E-state index is 5.93. The average molecular weight is 265 g/mol. The second-order valence-corrected chi connectivity index (χ2v) is 6.44. The van der Waals surface area contributed by atoms with Gasteiger partial charge in [-0.3, -0.25) is 0 Å². The number of hydrogen-bond acceptors (Lipinski definition) is 4. The molecule has 0 amide bonds. The Morgan fingerprint density at radius 2 is 2.16 bits per heavy atom. The van der Waals surface area contributed by atoms with Crippen LogP contribution in [-0.2, 0) is 0 Å². The van der Waals surface area contributed by atoms with Gasteiger partial charge in [0, 0.05) is 5.92 Å². The summed E-state index contributed by atoms with van der Waals surface area (Å²) in [6.07, 6.45) is 6.12. The zero-order valence-electron chi connectivity index (χ0n) is 12.7. The van der Waals surface area contributed by atoms with Crippen LogP contribution < -0.4 is 5.32 Å². The molecule has 2 unspecified atom stereocenters. The standard InChI is InChI=1S/C15H27N3O/c1-5-10-16-11(2)13-17-18-14(19-13)12-8-6-7-9-15(12,3)4/h11-12,16H,5-10H2,1-4H3. The zero-order valence-corrected chi connectivity index (χ0v) is 12.7. The predicted molar refractivity (Wildman–Crippen MR) is 76.0 cm³/mol. The molecule has 1 aromatic heterocycles. The predicted octanol–water partition coefficient (Wildman–Crippen LogP) is 3.81. The highest BCUT2D eigenvalue weighted by Gasteiger charge is 2.37. The van der Waals surface area contributed by atoms with Gasteiger partial charge in [0.05, 0.1) is 6.04 Å². The molecule has 1 N–H and O–H groups in total. The smallest absolute Gasteiger partial charge is 0.233 e. The Hall–Kier alpha value is -0.900. The van der Waals surface area contributed by atoms with Crippen molar-refractivity contribution in [3.8, 4) is 0 Å². The molecule has 1 fully saturated rings. The first-order valence-corrected chi connectivity index (χ1v) is 7.61. The van der Waals surface area contributed by atoms with Crippen LogP contribution in [0.5, 0.6) is 0 Å². The second-order valence-electron chi connectivity index (χ2n) is 6.44. The van der Waals surface area contributed by atoms with Gasteiger partial charge in [0.15, 0.2) is 0 Å². The van der Waals surface area contributed by atoms with Gasteiger partial charge in [-0.25, -0.2) is 0 Å². The van der Waals surface area contributed by atoms with Crippen LogP contribution in [0.2, 0.25) is 0 Å². The topological polar surface area (TPSA) is 51.0 Å². The molecule has 0 aliphatic heterocycles. The lowest BCUT2D eigenvalue weighted by Gasteiger charge is -2.36. The highest BCUT2D eigenvalue weighted by Crippen LogP contribution is 2.46. The minimum Gasteiger partial charge on any atom is -0.423 e. The van der Waals surface area contributed by atoms with Gasteiger partial charge in [-0.2, -0.15) is 0 Å². The van der Waals surface area contributed by atoms with Gasteiger partial charge >= 0.3 is 0 Å². The molecule has 2 rings (SSSR count). The van der Waals surface area contributed by atoms with Crippen LogP contribution >= 0.6 is 0 Å². The third-order valence-corrected chi connectivity index (χ3v) is 4.33. The molecule has 108 valence electrons. The van der Waals surface area contributed by atoms with E-state index in [0.717, 1.165) is 24.7 Å². The van der Waals surface area contributed by atoms with Gasteiger partial charge in [-0.1, -0.05) is 33.6 Å². The van der Waals surface area contributed by atoms with Crippen molar-refractivity contribution in [3.05, 3.63) is 11.8 Å². The highest BCUT2D eigenvalue weighted by atomic mass is 16.4. The van der Waals surface area contributed by atoms with Crippen LogP contribution in [-0.4, -0.2) is 16.7 Å². The molecular formula is C15H27N3O. The maximum atomic E-state index is 5.93. The minimum atomic E-state index is 0.146. The Labute approximate surface area is 116 Å². The molecule has 0 radical (unpaired) electrons. The van der Waals surface area contributed by atoms with Crippen molar-refractivity contribution in [2.45, 2.75) is 71.8 Å². The second kappa shape index (κ2) is 6.04. The van der Waals surface area contributed by atoms with Gasteiger partial charge in [0.2, 0.25) is 11.8 Å². The summed E-state index contributed by atoms with van der Waals surface area (Å²) in [4.78, 5) is 0. The third kappa shape index (κ3) is 3.35. The van der Waals surface area contributed by atoms with Gasteiger partial charge in [0.1, 0.15) is 0 Å². The van der Waals surface area contributed by atoms with E-state index in [1.807, 2.05) is 0 Å². The Morgan fingerprint density at radius 3 is 2.84 bits per heavy atom. The van der Waals surface area contributed by atoms with Crippen LogP contribution in [0.15, 0.2) is 4.42 Å². The molecule has 4 nitrogen and oxygen atoms in total. The number of hydrogen-bond donors (Lipinski definition) is 1. The lowest BCUT2D eigenvalue weighted by Crippen LogP contribution is -2.26. The summed E-state index contributed by atoms with van der Waals surface area (Å²) < 4.78 is 5.93. The van der Waals surface area contributed by atoms with Crippen molar-refractivity contribution < 1.29 is 4.42 Å². The Morgan fingerprint density at radius 1 is 1.37 bits per heavy atom. The van der Waals surface area contributed by atoms with E-state index in [2.05, 4.69) is 43.2 Å². The molecule has 0 saturated heterocycles. The van der Waals surface area contributed by atoms with E-state index in [1.165, 1.54) is 25.7 Å². The SMILES string of the molecule is CCCNC(C)c1nnc(C2CCCCC2(C)C)o1. The van der Waals surface area contributed by atoms with Crippen LogP contribution in [0.3, 0.4) is 0 Å². The molecule has 19 heavy (non-hydrogen) atoms. The van der Waals surface area contributed by atoms with E-state index in [1.54, 1.807) is 0 Å². The molecule has 0 bridgehead atoms. The van der Waals surface area contributed by atoms with Crippen LogP contribution in [0.4, 0.5) is 0 Å². The molecule has 1 aromatic rings. The summed E-state index contributed by atoms with van der Waals surface area (Å²) in [5.74, 6) is 1.98. The minimum absolute atomic E-state index is 0.146. The van der Waals surface area contributed by atoms with E-state index >= 15 is 0 Å². The fourth-order valence-electron chi connectivity index (χ4n) is 2.96. The summed E-state index contributed by atoms with van der Waals surface area (Å²) in [6.45, 7) is 9.86. The number of aromatic nitrogens is 2. The van der Waals surface area contributed by atoms with Crippen molar-refractivity contribution >= 4 is 0 Å². The molecule has 2 atom stereocenters. The third-order valence-electron chi connectivity index (χ3n) is 4.33. The Kier molecular flexibility index (Phi) is 4.61. The molecule has 0 aromatic carbocycles. The fraction of sp³-hybridized carbons (Fsp3) is 0.867. The van der Waals surface area contributed by atoms with E-state index in [0.29, 0.717) is 5.92 Å². The number of rotatable bonds is 5. The van der Waals surface area contributed by atoms with E-state index in [4.69, 9.17) is 4.42 Å². The summed E-state index contributed by atoms with van der Waals surface area (Å²) >= 11 is 0. The molecule has 0 spiro atoms. The van der Waals surface area contributed by atoms with Gasteiger partial charge in [-0.15, -0.1) is 10.2 Å². The van der Waals surface area contributed by atoms with Crippen molar-refractivity contribution in [1.82, 2.24) is 15.5 Å². The van der Waals surface area contributed by atoms with E-state index in [-0.39, 0.29) is 11.5 Å².